The van der Waals surface area contributed by atoms with Crippen LogP contribution in [0.2, 0.25) is 0 Å². The minimum atomic E-state index is -0.253. The van der Waals surface area contributed by atoms with Crippen molar-refractivity contribution in [1.82, 2.24) is 10.0 Å². The summed E-state index contributed by atoms with van der Waals surface area (Å²) >= 11 is 1.56. The average Bonchev–Trinajstić information content (AvgIpc) is 3.28. The summed E-state index contributed by atoms with van der Waals surface area (Å²) in [5.74, 6) is 1.14. The highest BCUT2D eigenvalue weighted by Crippen LogP contribution is 2.26. The molecule has 2 aromatic carbocycles. The molecule has 3 aromatic rings. The van der Waals surface area contributed by atoms with Gasteiger partial charge in [0.2, 0.25) is 0 Å². The summed E-state index contributed by atoms with van der Waals surface area (Å²) in [6.45, 7) is 2.70. The number of nitrogens with zero attached hydrogens (tertiary/aromatic N) is 2. The molecule has 0 spiro atoms. The van der Waals surface area contributed by atoms with Gasteiger partial charge in [0.05, 0.1) is 17.1 Å². The summed E-state index contributed by atoms with van der Waals surface area (Å²) in [7, 11) is 0. The standard InChI is InChI=1S/C26H30FN3O2S/c1-2-3-4-5-6-11-25-28-24(29-32-25)17-30-22-10-8-7-9-21(22)23(31)16-26(30)33-18-19-12-14-20(27)15-13-19/h7-10,12-16,25H,2-6,11,17-18H2,1H3,(H,28,29). The number of hydrogen-bond acceptors (Lipinski definition) is 5. The molecule has 0 radical (unpaired) electrons. The summed E-state index contributed by atoms with van der Waals surface area (Å²) in [4.78, 5) is 23.2. The highest BCUT2D eigenvalue weighted by Gasteiger charge is 2.19. The number of para-hydroxylation sites is 1. The van der Waals surface area contributed by atoms with Gasteiger partial charge in [-0.3, -0.25) is 4.79 Å². The highest BCUT2D eigenvalue weighted by atomic mass is 32.2. The normalized spacial score (nSPS) is 15.6. The van der Waals surface area contributed by atoms with Crippen LogP contribution in [0.4, 0.5) is 4.39 Å². The number of benzene rings is 2. The number of amidine groups is 1. The molecule has 0 saturated carbocycles. The lowest BCUT2D eigenvalue weighted by Crippen LogP contribution is -2.25. The molecule has 0 bridgehead atoms. The van der Waals surface area contributed by atoms with E-state index in [0.29, 0.717) is 17.7 Å². The number of nitrogens with one attached hydrogen (secondary N) is 1. The number of aliphatic imine (C=N–C) groups is 1. The fraction of sp³-hybridized carbons (Fsp3) is 0.385. The van der Waals surface area contributed by atoms with E-state index in [1.807, 2.05) is 24.3 Å². The van der Waals surface area contributed by atoms with Crippen molar-refractivity contribution in [2.45, 2.75) is 69.0 Å². The molecule has 0 amide bonds. The van der Waals surface area contributed by atoms with Gasteiger partial charge in [-0.25, -0.2) is 19.7 Å². The first kappa shape index (κ1) is 23.5. The van der Waals surface area contributed by atoms with Gasteiger partial charge < -0.3 is 4.57 Å². The van der Waals surface area contributed by atoms with Gasteiger partial charge in [-0.1, -0.05) is 56.9 Å². The molecule has 7 heteroatoms. The van der Waals surface area contributed by atoms with Crippen molar-refractivity contribution < 1.29 is 9.23 Å². The van der Waals surface area contributed by atoms with Gasteiger partial charge in [0.1, 0.15) is 11.7 Å². The van der Waals surface area contributed by atoms with E-state index in [-0.39, 0.29) is 17.5 Å². The first-order valence-corrected chi connectivity index (χ1v) is 12.6. The molecule has 5 nitrogen and oxygen atoms in total. The highest BCUT2D eigenvalue weighted by molar-refractivity contribution is 7.98. The molecule has 1 aliphatic heterocycles. The second-order valence-electron chi connectivity index (χ2n) is 8.32. The molecular weight excluding hydrogens is 437 g/mol. The zero-order valence-corrected chi connectivity index (χ0v) is 19.7. The molecule has 2 heterocycles. The van der Waals surface area contributed by atoms with Gasteiger partial charge in [0.15, 0.2) is 11.7 Å². The number of aromatic nitrogens is 1. The van der Waals surface area contributed by atoms with Crippen LogP contribution in [0.15, 0.2) is 69.4 Å². The zero-order valence-electron chi connectivity index (χ0n) is 18.9. The van der Waals surface area contributed by atoms with Gasteiger partial charge in [-0.2, -0.15) is 0 Å². The molecule has 174 valence electrons. The lowest BCUT2D eigenvalue weighted by molar-refractivity contribution is 0.0311. The lowest BCUT2D eigenvalue weighted by Gasteiger charge is -2.16. The quantitative estimate of drug-likeness (QED) is 0.275. The van der Waals surface area contributed by atoms with Crippen molar-refractivity contribution in [2.75, 3.05) is 0 Å². The third-order valence-corrected chi connectivity index (χ3v) is 6.87. The van der Waals surface area contributed by atoms with E-state index in [1.54, 1.807) is 30.0 Å². The zero-order chi connectivity index (χ0) is 23.0. The molecule has 0 aliphatic carbocycles. The second kappa shape index (κ2) is 11.5. The number of hydrogen-bond donors (Lipinski definition) is 1. The first-order valence-electron chi connectivity index (χ1n) is 11.6. The van der Waals surface area contributed by atoms with Crippen LogP contribution in [0.3, 0.4) is 0 Å². The van der Waals surface area contributed by atoms with Gasteiger partial charge in [-0.05, 0) is 42.7 Å². The van der Waals surface area contributed by atoms with Crippen LogP contribution in [-0.4, -0.2) is 16.6 Å². The van der Waals surface area contributed by atoms with E-state index in [0.717, 1.165) is 34.8 Å². The van der Waals surface area contributed by atoms with Crippen LogP contribution in [0.25, 0.3) is 10.9 Å². The maximum atomic E-state index is 13.2. The van der Waals surface area contributed by atoms with Crippen molar-refractivity contribution in [2.24, 2.45) is 4.99 Å². The summed E-state index contributed by atoms with van der Waals surface area (Å²) in [5.41, 5.74) is 4.84. The average molecular weight is 468 g/mol. The van der Waals surface area contributed by atoms with E-state index in [2.05, 4.69) is 17.0 Å². The predicted molar refractivity (Wildman–Crippen MR) is 133 cm³/mol. The van der Waals surface area contributed by atoms with Crippen LogP contribution in [0, 0.1) is 5.82 Å². The Morgan fingerprint density at radius 2 is 1.88 bits per heavy atom. The Kier molecular flexibility index (Phi) is 8.18. The molecule has 1 aromatic heterocycles. The minimum Gasteiger partial charge on any atom is -0.328 e. The number of thioether (sulfide) groups is 1. The maximum Gasteiger partial charge on any atom is 0.190 e. The van der Waals surface area contributed by atoms with Crippen molar-refractivity contribution in [3.8, 4) is 0 Å². The van der Waals surface area contributed by atoms with Crippen LogP contribution < -0.4 is 10.9 Å². The maximum absolute atomic E-state index is 13.2. The molecule has 0 saturated heterocycles. The molecule has 1 unspecified atom stereocenters. The predicted octanol–water partition coefficient (Wildman–Crippen LogP) is 6.05. The van der Waals surface area contributed by atoms with Crippen molar-refractivity contribution in [1.29, 1.82) is 0 Å². The Balaban J connectivity index is 1.52. The van der Waals surface area contributed by atoms with Crippen LogP contribution in [-0.2, 0) is 17.1 Å². The summed E-state index contributed by atoms with van der Waals surface area (Å²) in [6, 6.07) is 15.8. The molecule has 33 heavy (non-hydrogen) atoms. The number of halogens is 1. The van der Waals surface area contributed by atoms with Gasteiger partial charge >= 0.3 is 0 Å². The van der Waals surface area contributed by atoms with Gasteiger partial charge in [-0.15, -0.1) is 11.8 Å². The fourth-order valence-corrected chi connectivity index (χ4v) is 4.97. The van der Waals surface area contributed by atoms with E-state index >= 15 is 0 Å². The van der Waals surface area contributed by atoms with E-state index < -0.39 is 0 Å². The molecule has 4 rings (SSSR count). The lowest BCUT2D eigenvalue weighted by atomic mass is 10.1. The van der Waals surface area contributed by atoms with E-state index in [1.165, 1.54) is 37.8 Å². The Morgan fingerprint density at radius 3 is 2.70 bits per heavy atom. The molecule has 1 aliphatic rings. The summed E-state index contributed by atoms with van der Waals surface area (Å²) in [5, 5.41) is 1.52. The number of hydroxylamine groups is 1. The SMILES string of the molecule is CCCCCCCC1N=C(Cn2c(SCc3ccc(F)cc3)cc(=O)c3ccccc32)NO1. The van der Waals surface area contributed by atoms with Crippen molar-refractivity contribution in [3.05, 3.63) is 76.2 Å². The van der Waals surface area contributed by atoms with Gasteiger partial charge in [0.25, 0.3) is 0 Å². The topological polar surface area (TPSA) is 55.6 Å². The third-order valence-electron chi connectivity index (χ3n) is 5.76. The number of rotatable bonds is 11. The molecular formula is C26H30FN3O2S. The van der Waals surface area contributed by atoms with Crippen LogP contribution >= 0.6 is 11.8 Å². The summed E-state index contributed by atoms with van der Waals surface area (Å²) in [6.07, 6.45) is 6.80. The van der Waals surface area contributed by atoms with Gasteiger partial charge in [0, 0.05) is 17.2 Å². The molecule has 1 N–H and O–H groups in total. The minimum absolute atomic E-state index is 0.00835. The Labute approximate surface area is 198 Å². The Hall–Kier alpha value is -2.64. The third kappa shape index (κ3) is 6.24. The second-order valence-corrected chi connectivity index (χ2v) is 9.31. The molecule has 0 fully saturated rings. The first-order chi connectivity index (χ1) is 16.1. The smallest absolute Gasteiger partial charge is 0.190 e. The van der Waals surface area contributed by atoms with Crippen LogP contribution in [0.1, 0.15) is 51.0 Å². The number of pyridine rings is 1. The summed E-state index contributed by atoms with van der Waals surface area (Å²) < 4.78 is 15.3. The van der Waals surface area contributed by atoms with E-state index in [9.17, 15) is 9.18 Å². The Bertz CT molecular complexity index is 1160. The fourth-order valence-electron chi connectivity index (χ4n) is 3.96. The van der Waals surface area contributed by atoms with Crippen molar-refractivity contribution >= 4 is 28.5 Å². The van der Waals surface area contributed by atoms with E-state index in [4.69, 9.17) is 9.83 Å². The molecule has 1 atom stereocenters. The number of unbranched alkanes of at least 4 members (excludes halogenated alkanes) is 4. The Morgan fingerprint density at radius 1 is 1.09 bits per heavy atom. The number of fused-ring (bicyclic) bond motifs is 1. The van der Waals surface area contributed by atoms with Crippen LogP contribution in [0.5, 0.6) is 0 Å². The van der Waals surface area contributed by atoms with Crippen molar-refractivity contribution in [3.63, 3.8) is 0 Å². The largest absolute Gasteiger partial charge is 0.328 e. The monoisotopic (exact) mass is 467 g/mol.